The molecule has 2 aromatic carbocycles. The number of carbonyl (C=O) groups excluding carboxylic acids is 1. The normalized spacial score (nSPS) is 13.0. The van der Waals surface area contributed by atoms with Gasteiger partial charge >= 0.3 is 11.2 Å². The molecule has 4 nitrogen and oxygen atoms in total. The van der Waals surface area contributed by atoms with E-state index in [1.54, 1.807) is 11.3 Å². The Balaban J connectivity index is 1.59. The van der Waals surface area contributed by atoms with E-state index in [-0.39, 0.29) is 6.03 Å². The van der Waals surface area contributed by atoms with Gasteiger partial charge in [-0.15, -0.1) is 0 Å². The molecule has 0 saturated carbocycles. The Kier molecular flexibility index (Phi) is 3.55. The summed E-state index contributed by atoms with van der Waals surface area (Å²) in [6, 6.07) is 19.8. The fourth-order valence-electron chi connectivity index (χ4n) is 2.79. The zero-order chi connectivity index (χ0) is 15.6. The van der Waals surface area contributed by atoms with Crippen LogP contribution in [-0.4, -0.2) is 12.6 Å². The zero-order valence-corrected chi connectivity index (χ0v) is 13.3. The van der Waals surface area contributed by atoms with E-state index in [4.69, 9.17) is 0 Å². The molecule has 0 atom stereocenters. The molecule has 0 saturated heterocycles. The molecule has 0 radical (unpaired) electrons. The first-order valence-electron chi connectivity index (χ1n) is 7.53. The van der Waals surface area contributed by atoms with E-state index in [1.807, 2.05) is 53.4 Å². The molecule has 5 heteroatoms. The fraction of sp³-hybridized carbons (Fsp3) is 0.111. The minimum absolute atomic E-state index is 0.0797. The van der Waals surface area contributed by atoms with E-state index in [2.05, 4.69) is 27.4 Å². The molecule has 0 unspecified atom stereocenters. The number of nitrogens with zero attached hydrogens (tertiary/aromatic N) is 2. The van der Waals surface area contributed by atoms with Gasteiger partial charge in [-0.25, -0.2) is 9.36 Å². The second-order valence-corrected chi connectivity index (χ2v) is 6.21. The smallest absolute Gasteiger partial charge is 0.288 e. The molecule has 0 spiro atoms. The van der Waals surface area contributed by atoms with Crippen LogP contribution in [0.5, 0.6) is 0 Å². The maximum absolute atomic E-state index is 12.5. The predicted octanol–water partition coefficient (Wildman–Crippen LogP) is 3.75. The first-order valence-corrected chi connectivity index (χ1v) is 8.41. The fourth-order valence-corrected chi connectivity index (χ4v) is 3.89. The number of carbonyl (C=O) groups is 1. The summed E-state index contributed by atoms with van der Waals surface area (Å²) >= 11 is 1.61. The molecule has 23 heavy (non-hydrogen) atoms. The van der Waals surface area contributed by atoms with E-state index in [0.717, 1.165) is 17.4 Å². The highest BCUT2D eigenvalue weighted by molar-refractivity contribution is 7.13. The number of amides is 2. The van der Waals surface area contributed by atoms with Crippen LogP contribution in [0.25, 0.3) is 11.3 Å². The summed E-state index contributed by atoms with van der Waals surface area (Å²) in [5, 5.41) is 6.06. The van der Waals surface area contributed by atoms with E-state index < -0.39 is 0 Å². The molecule has 114 valence electrons. The van der Waals surface area contributed by atoms with Crippen molar-refractivity contribution in [3.05, 3.63) is 66.0 Å². The van der Waals surface area contributed by atoms with E-state index in [0.29, 0.717) is 6.54 Å². The molecule has 4 rings (SSSR count). The van der Waals surface area contributed by atoms with Crippen molar-refractivity contribution in [3.8, 4) is 11.3 Å². The molecule has 0 bridgehead atoms. The molecule has 3 aromatic rings. The van der Waals surface area contributed by atoms with E-state index >= 15 is 0 Å². The first kappa shape index (κ1) is 14.0. The minimum atomic E-state index is -0.0797. The average molecular weight is 322 g/mol. The van der Waals surface area contributed by atoms with Gasteiger partial charge in [0.1, 0.15) is 18.8 Å². The Morgan fingerprint density at radius 3 is 2.48 bits per heavy atom. The van der Waals surface area contributed by atoms with Crippen LogP contribution in [0.15, 0.2) is 66.0 Å². The van der Waals surface area contributed by atoms with Crippen molar-refractivity contribution in [2.75, 3.05) is 16.8 Å². The monoisotopic (exact) mass is 322 g/mol. The highest BCUT2D eigenvalue weighted by Crippen LogP contribution is 2.29. The number of nitrogens with one attached hydrogen (secondary N) is 1. The van der Waals surface area contributed by atoms with Gasteiger partial charge in [-0.05, 0) is 12.1 Å². The summed E-state index contributed by atoms with van der Waals surface area (Å²) < 4.78 is 2.21. The van der Waals surface area contributed by atoms with Crippen molar-refractivity contribution in [2.24, 2.45) is 0 Å². The Labute approximate surface area is 138 Å². The Morgan fingerprint density at radius 2 is 1.74 bits per heavy atom. The number of fused-ring (bicyclic) bond motifs is 1. The van der Waals surface area contributed by atoms with Crippen LogP contribution in [0.3, 0.4) is 0 Å². The van der Waals surface area contributed by atoms with Crippen LogP contribution in [0.2, 0.25) is 0 Å². The Bertz CT molecular complexity index is 830. The number of hydrogen-bond acceptors (Lipinski definition) is 2. The van der Waals surface area contributed by atoms with Crippen LogP contribution in [0, 0.1) is 0 Å². The molecular formula is C18H16N3OS+. The number of rotatable bonds is 2. The Hall–Kier alpha value is -2.66. The third-order valence-electron chi connectivity index (χ3n) is 3.92. The quantitative estimate of drug-likeness (QED) is 0.717. The molecule has 1 N–H and O–H groups in total. The highest BCUT2D eigenvalue weighted by Gasteiger charge is 2.37. The first-order chi connectivity index (χ1) is 11.3. The van der Waals surface area contributed by atoms with Crippen molar-refractivity contribution in [3.63, 3.8) is 0 Å². The van der Waals surface area contributed by atoms with Gasteiger partial charge in [-0.2, -0.15) is 4.90 Å². The highest BCUT2D eigenvalue weighted by atomic mass is 32.1. The van der Waals surface area contributed by atoms with Crippen LogP contribution in [0.4, 0.5) is 15.6 Å². The molecule has 1 aliphatic heterocycles. The average Bonchev–Trinajstić information content (AvgIpc) is 3.18. The maximum Gasteiger partial charge on any atom is 0.414 e. The summed E-state index contributed by atoms with van der Waals surface area (Å²) in [7, 11) is 0. The van der Waals surface area contributed by atoms with Crippen LogP contribution >= 0.6 is 11.3 Å². The van der Waals surface area contributed by atoms with Crippen molar-refractivity contribution in [1.82, 2.24) is 0 Å². The van der Waals surface area contributed by atoms with Crippen LogP contribution < -0.4 is 14.8 Å². The summed E-state index contributed by atoms with van der Waals surface area (Å²) in [5.41, 5.74) is 3.16. The standard InChI is InChI=1S/C18H15N3OS/c22-17(19-15-9-5-2-6-10-15)21-12-11-20-16(13-23-18(20)21)14-7-3-1-4-8-14/h1-10,13H,11-12H2/p+1. The summed E-state index contributed by atoms with van der Waals surface area (Å²) in [4.78, 5) is 14.3. The van der Waals surface area contributed by atoms with Gasteiger partial charge in [0.25, 0.3) is 0 Å². The summed E-state index contributed by atoms with van der Waals surface area (Å²) in [6.45, 7) is 1.52. The Morgan fingerprint density at radius 1 is 1.04 bits per heavy atom. The van der Waals surface area contributed by atoms with Gasteiger partial charge in [-0.1, -0.05) is 59.9 Å². The van der Waals surface area contributed by atoms with E-state index in [1.165, 1.54) is 11.3 Å². The SMILES string of the molecule is O=C(Nc1ccccc1)N1CC[n+]2c(-c3ccccc3)csc21. The number of aromatic nitrogens is 1. The second-order valence-electron chi connectivity index (χ2n) is 5.37. The van der Waals surface area contributed by atoms with Gasteiger partial charge in [0.05, 0.1) is 0 Å². The predicted molar refractivity (Wildman–Crippen MR) is 92.8 cm³/mol. The van der Waals surface area contributed by atoms with Crippen molar-refractivity contribution in [2.45, 2.75) is 6.54 Å². The van der Waals surface area contributed by atoms with Crippen molar-refractivity contribution >= 4 is 28.2 Å². The number of hydrogen-bond donors (Lipinski definition) is 1. The van der Waals surface area contributed by atoms with E-state index in [9.17, 15) is 4.79 Å². The third-order valence-corrected chi connectivity index (χ3v) is 4.91. The van der Waals surface area contributed by atoms with Gasteiger partial charge in [0, 0.05) is 16.6 Å². The van der Waals surface area contributed by atoms with Crippen molar-refractivity contribution < 1.29 is 9.36 Å². The van der Waals surface area contributed by atoms with Crippen molar-refractivity contribution in [1.29, 1.82) is 0 Å². The lowest BCUT2D eigenvalue weighted by Crippen LogP contribution is -2.34. The van der Waals surface area contributed by atoms with Gasteiger partial charge in [0.15, 0.2) is 0 Å². The number of anilines is 2. The number of thiazole rings is 1. The van der Waals surface area contributed by atoms with Crippen LogP contribution in [0.1, 0.15) is 0 Å². The van der Waals surface area contributed by atoms with Gasteiger partial charge in [0.2, 0.25) is 0 Å². The second kappa shape index (κ2) is 5.85. The van der Waals surface area contributed by atoms with Gasteiger partial charge in [-0.3, -0.25) is 5.32 Å². The molecule has 0 fully saturated rings. The lowest BCUT2D eigenvalue weighted by Gasteiger charge is -2.07. The number of benzene rings is 2. The van der Waals surface area contributed by atoms with Gasteiger partial charge < -0.3 is 0 Å². The number of para-hydroxylation sites is 1. The topological polar surface area (TPSA) is 36.2 Å². The third kappa shape index (κ3) is 2.59. The minimum Gasteiger partial charge on any atom is -0.288 e. The summed E-state index contributed by atoms with van der Waals surface area (Å²) in [5.74, 6) is 0. The number of urea groups is 1. The zero-order valence-electron chi connectivity index (χ0n) is 12.5. The molecule has 2 amide bonds. The lowest BCUT2D eigenvalue weighted by molar-refractivity contribution is -0.655. The molecular weight excluding hydrogens is 306 g/mol. The molecule has 0 aliphatic carbocycles. The molecule has 2 heterocycles. The largest absolute Gasteiger partial charge is 0.414 e. The molecule has 1 aromatic heterocycles. The molecule has 1 aliphatic rings. The van der Waals surface area contributed by atoms with Crippen LogP contribution in [-0.2, 0) is 6.54 Å². The lowest BCUT2D eigenvalue weighted by atomic mass is 10.2. The maximum atomic E-state index is 12.5. The summed E-state index contributed by atoms with van der Waals surface area (Å²) in [6.07, 6.45) is 0.